The molecule has 2 aromatic rings. The van der Waals surface area contributed by atoms with E-state index in [0.717, 1.165) is 12.3 Å². The predicted octanol–water partition coefficient (Wildman–Crippen LogP) is 3.53. The smallest absolute Gasteiger partial charge is 0.288 e. The lowest BCUT2D eigenvalue weighted by Gasteiger charge is -2.10. The molecule has 0 heterocycles. The number of benzene rings is 2. The van der Waals surface area contributed by atoms with Crippen molar-refractivity contribution >= 4 is 56.2 Å². The van der Waals surface area contributed by atoms with Gasteiger partial charge < -0.3 is 5.32 Å². The van der Waals surface area contributed by atoms with Crippen LogP contribution in [0.5, 0.6) is 0 Å². The lowest BCUT2D eigenvalue weighted by atomic mass is 10.2. The molecule has 2 N–H and O–H groups in total. The van der Waals surface area contributed by atoms with E-state index in [9.17, 15) is 23.3 Å². The summed E-state index contributed by atoms with van der Waals surface area (Å²) >= 11 is 11.7. The van der Waals surface area contributed by atoms with E-state index in [-0.39, 0.29) is 32.7 Å². The van der Waals surface area contributed by atoms with Crippen molar-refractivity contribution in [3.05, 3.63) is 62.1 Å². The van der Waals surface area contributed by atoms with Crippen LogP contribution in [0, 0.1) is 10.1 Å². The quantitative estimate of drug-likeness (QED) is 0.584. The first kappa shape index (κ1) is 19.0. The largest absolute Gasteiger partial charge is 0.322 e. The Morgan fingerprint density at radius 1 is 1.12 bits per heavy atom. The Balaban J connectivity index is 2.22. The van der Waals surface area contributed by atoms with Gasteiger partial charge in [0, 0.05) is 17.3 Å². The first-order chi connectivity index (χ1) is 11.6. The van der Waals surface area contributed by atoms with E-state index >= 15 is 0 Å². The summed E-state index contributed by atoms with van der Waals surface area (Å²) in [6.45, 7) is 0. The summed E-state index contributed by atoms with van der Waals surface area (Å²) < 4.78 is 24.6. The standard InChI is InChI=1S/C14H11Cl2N3O5S/c1-25(23,24)18-12-5-3-9(7-11(12)16)17-14(20)8-2-4-10(15)13(6-8)19(21)22/h2-7,18H,1H3,(H,17,20). The van der Waals surface area contributed by atoms with Crippen molar-refractivity contribution in [3.8, 4) is 0 Å². The second kappa shape index (κ2) is 7.26. The summed E-state index contributed by atoms with van der Waals surface area (Å²) in [5, 5.41) is 13.4. The molecule has 0 fully saturated rings. The molecule has 8 nitrogen and oxygen atoms in total. The fourth-order valence-electron chi connectivity index (χ4n) is 1.87. The predicted molar refractivity (Wildman–Crippen MR) is 96.0 cm³/mol. The minimum absolute atomic E-state index is 0.0329. The number of nitrogens with zero attached hydrogens (tertiary/aromatic N) is 1. The van der Waals surface area contributed by atoms with Crippen LogP contribution in [0.4, 0.5) is 17.1 Å². The number of carbonyl (C=O) groups is 1. The van der Waals surface area contributed by atoms with Crippen molar-refractivity contribution in [3.63, 3.8) is 0 Å². The number of anilines is 2. The number of nitro groups is 1. The zero-order valence-electron chi connectivity index (χ0n) is 12.6. The lowest BCUT2D eigenvalue weighted by molar-refractivity contribution is -0.384. The van der Waals surface area contributed by atoms with Gasteiger partial charge in [-0.05, 0) is 30.3 Å². The average Bonchev–Trinajstić information content (AvgIpc) is 2.49. The van der Waals surface area contributed by atoms with Gasteiger partial charge in [0.05, 0.1) is 21.9 Å². The van der Waals surface area contributed by atoms with Crippen LogP contribution in [0.1, 0.15) is 10.4 Å². The van der Waals surface area contributed by atoms with E-state index in [0.29, 0.717) is 0 Å². The number of rotatable bonds is 5. The fraction of sp³-hybridized carbons (Fsp3) is 0.0714. The van der Waals surface area contributed by atoms with Crippen LogP contribution in [0.2, 0.25) is 10.0 Å². The molecule has 2 rings (SSSR count). The van der Waals surface area contributed by atoms with Crippen molar-refractivity contribution < 1.29 is 18.1 Å². The van der Waals surface area contributed by atoms with Crippen molar-refractivity contribution in [2.45, 2.75) is 0 Å². The molecule has 0 aliphatic carbocycles. The molecule has 0 atom stereocenters. The monoisotopic (exact) mass is 403 g/mol. The molecule has 0 aromatic heterocycles. The third-order valence-corrected chi connectivity index (χ3v) is 4.15. The summed E-state index contributed by atoms with van der Waals surface area (Å²) in [4.78, 5) is 22.4. The first-order valence-corrected chi connectivity index (χ1v) is 9.24. The highest BCUT2D eigenvalue weighted by molar-refractivity contribution is 7.92. The highest BCUT2D eigenvalue weighted by atomic mass is 35.5. The van der Waals surface area contributed by atoms with Gasteiger partial charge in [0.2, 0.25) is 10.0 Å². The molecule has 0 bridgehead atoms. The summed E-state index contributed by atoms with van der Waals surface area (Å²) in [6.07, 6.45) is 0.979. The Hall–Kier alpha value is -2.36. The maximum absolute atomic E-state index is 12.2. The van der Waals surface area contributed by atoms with E-state index in [4.69, 9.17) is 23.2 Å². The molecule has 2 aromatic carbocycles. The van der Waals surface area contributed by atoms with Gasteiger partial charge in [0.15, 0.2) is 0 Å². The normalized spacial score (nSPS) is 11.0. The molecule has 11 heteroatoms. The van der Waals surface area contributed by atoms with Gasteiger partial charge in [-0.3, -0.25) is 19.6 Å². The van der Waals surface area contributed by atoms with E-state index in [1.807, 2.05) is 0 Å². The van der Waals surface area contributed by atoms with Crippen molar-refractivity contribution in [2.75, 3.05) is 16.3 Å². The maximum atomic E-state index is 12.2. The number of nitro benzene ring substituents is 1. The fourth-order valence-corrected chi connectivity index (χ4v) is 2.92. The molecule has 0 radical (unpaired) electrons. The van der Waals surface area contributed by atoms with Crippen LogP contribution in [-0.2, 0) is 10.0 Å². The molecule has 0 saturated heterocycles. The third-order valence-electron chi connectivity index (χ3n) is 2.93. The number of halogens is 2. The van der Waals surface area contributed by atoms with Crippen LogP contribution < -0.4 is 10.0 Å². The maximum Gasteiger partial charge on any atom is 0.288 e. The zero-order valence-corrected chi connectivity index (χ0v) is 14.9. The van der Waals surface area contributed by atoms with Crippen LogP contribution in [0.25, 0.3) is 0 Å². The number of sulfonamides is 1. The Bertz CT molecular complexity index is 963. The van der Waals surface area contributed by atoms with Crippen LogP contribution in [0.3, 0.4) is 0 Å². The van der Waals surface area contributed by atoms with Gasteiger partial charge in [-0.2, -0.15) is 0 Å². The molecule has 0 spiro atoms. The highest BCUT2D eigenvalue weighted by Crippen LogP contribution is 2.28. The molecule has 25 heavy (non-hydrogen) atoms. The van der Waals surface area contributed by atoms with E-state index < -0.39 is 20.9 Å². The molecule has 1 amide bonds. The number of amides is 1. The van der Waals surface area contributed by atoms with E-state index in [2.05, 4.69) is 10.0 Å². The van der Waals surface area contributed by atoms with Gasteiger partial charge >= 0.3 is 0 Å². The second-order valence-corrected chi connectivity index (χ2v) is 7.51. The molecule has 0 aliphatic rings. The van der Waals surface area contributed by atoms with Crippen LogP contribution >= 0.6 is 23.2 Å². The molecule has 132 valence electrons. The van der Waals surface area contributed by atoms with Gasteiger partial charge in [-0.25, -0.2) is 8.42 Å². The molecule has 0 unspecified atom stereocenters. The SMILES string of the molecule is CS(=O)(=O)Nc1ccc(NC(=O)c2ccc(Cl)c([N+](=O)[O-])c2)cc1Cl. The van der Waals surface area contributed by atoms with Crippen LogP contribution in [0.15, 0.2) is 36.4 Å². The highest BCUT2D eigenvalue weighted by Gasteiger charge is 2.17. The molecular formula is C14H11Cl2N3O5S. The van der Waals surface area contributed by atoms with Gasteiger partial charge in [-0.1, -0.05) is 23.2 Å². The number of nitrogens with one attached hydrogen (secondary N) is 2. The Kier molecular flexibility index (Phi) is 5.51. The minimum Gasteiger partial charge on any atom is -0.322 e. The number of carbonyl (C=O) groups excluding carboxylic acids is 1. The van der Waals surface area contributed by atoms with Gasteiger partial charge in [0.25, 0.3) is 11.6 Å². The summed E-state index contributed by atoms with van der Waals surface area (Å²) in [7, 11) is -3.49. The van der Waals surface area contributed by atoms with E-state index in [1.54, 1.807) is 0 Å². The molecule has 0 aliphatic heterocycles. The van der Waals surface area contributed by atoms with Gasteiger partial charge in [-0.15, -0.1) is 0 Å². The Labute approximate surface area is 152 Å². The summed E-state index contributed by atoms with van der Waals surface area (Å²) in [6, 6.07) is 7.80. The number of hydrogen-bond donors (Lipinski definition) is 2. The third kappa shape index (κ3) is 5.05. The zero-order chi connectivity index (χ0) is 18.8. The topological polar surface area (TPSA) is 118 Å². The summed E-state index contributed by atoms with van der Waals surface area (Å²) in [5.74, 6) is -0.611. The van der Waals surface area contributed by atoms with Crippen LogP contribution in [-0.4, -0.2) is 25.5 Å². The Morgan fingerprint density at radius 3 is 2.36 bits per heavy atom. The van der Waals surface area contributed by atoms with Crippen molar-refractivity contribution in [1.82, 2.24) is 0 Å². The average molecular weight is 404 g/mol. The Morgan fingerprint density at radius 2 is 1.80 bits per heavy atom. The summed E-state index contributed by atoms with van der Waals surface area (Å²) in [5.41, 5.74) is 0.0848. The second-order valence-electron chi connectivity index (χ2n) is 4.95. The minimum atomic E-state index is -3.49. The first-order valence-electron chi connectivity index (χ1n) is 6.59. The molecule has 0 saturated carbocycles. The number of hydrogen-bond acceptors (Lipinski definition) is 5. The van der Waals surface area contributed by atoms with E-state index in [1.165, 1.54) is 30.3 Å². The van der Waals surface area contributed by atoms with Crippen molar-refractivity contribution in [2.24, 2.45) is 0 Å². The lowest BCUT2D eigenvalue weighted by Crippen LogP contribution is -2.13. The van der Waals surface area contributed by atoms with Gasteiger partial charge in [0.1, 0.15) is 5.02 Å². The molecular weight excluding hydrogens is 393 g/mol. The van der Waals surface area contributed by atoms with Crippen molar-refractivity contribution in [1.29, 1.82) is 0 Å².